The molecule has 1 heterocycles. The van der Waals surface area contributed by atoms with Crippen LogP contribution in [0, 0.1) is 0 Å². The van der Waals surface area contributed by atoms with Gasteiger partial charge in [-0.3, -0.25) is 9.59 Å². The van der Waals surface area contributed by atoms with Gasteiger partial charge in [0.1, 0.15) is 0 Å². The highest BCUT2D eigenvalue weighted by molar-refractivity contribution is 6.36. The first kappa shape index (κ1) is 7.34. The predicted molar refractivity (Wildman–Crippen MR) is 42.0 cm³/mol. The summed E-state index contributed by atoms with van der Waals surface area (Å²) < 4.78 is 0. The highest BCUT2D eigenvalue weighted by Gasteiger charge is 2.29. The molecule has 2 amide bonds. The van der Waals surface area contributed by atoms with Crippen molar-refractivity contribution >= 4 is 11.8 Å². The van der Waals surface area contributed by atoms with Crippen LogP contribution in [0.3, 0.4) is 0 Å². The Balaban J connectivity index is 2.20. The van der Waals surface area contributed by atoms with Crippen molar-refractivity contribution in [1.29, 1.82) is 0 Å². The van der Waals surface area contributed by atoms with Gasteiger partial charge in [0.2, 0.25) is 0 Å². The van der Waals surface area contributed by atoms with E-state index in [2.05, 4.69) is 10.6 Å². The molecular formula is C8H10N2O2. The van der Waals surface area contributed by atoms with Gasteiger partial charge in [-0.15, -0.1) is 0 Å². The molecule has 4 nitrogen and oxygen atoms in total. The van der Waals surface area contributed by atoms with E-state index in [1.54, 1.807) is 0 Å². The van der Waals surface area contributed by atoms with E-state index in [4.69, 9.17) is 0 Å². The molecule has 2 aliphatic rings. The molecule has 1 atom stereocenters. The summed E-state index contributed by atoms with van der Waals surface area (Å²) in [6.45, 7) is 0. The van der Waals surface area contributed by atoms with Crippen molar-refractivity contribution in [2.45, 2.75) is 25.3 Å². The van der Waals surface area contributed by atoms with Crippen LogP contribution in [0.25, 0.3) is 0 Å². The summed E-state index contributed by atoms with van der Waals surface area (Å²) in [4.78, 5) is 21.8. The Hall–Kier alpha value is -1.32. The largest absolute Gasteiger partial charge is 0.340 e. The highest BCUT2D eigenvalue weighted by Crippen LogP contribution is 2.18. The summed E-state index contributed by atoms with van der Waals surface area (Å²) in [5.41, 5.74) is 0.867. The first-order chi connectivity index (χ1) is 5.77. The van der Waals surface area contributed by atoms with E-state index in [1.807, 2.05) is 6.08 Å². The Morgan fingerprint density at radius 3 is 3.00 bits per heavy atom. The quantitative estimate of drug-likeness (QED) is 0.484. The maximum Gasteiger partial charge on any atom is 0.313 e. The summed E-state index contributed by atoms with van der Waals surface area (Å²) in [7, 11) is 0. The standard InChI is InChI=1S/C8H10N2O2/c11-7-8(12)10-6-4-2-1-3-5(6)9-7/h3,6H,1-2,4H2,(H,9,11)(H,10,12)/t6-/m1/s1. The summed E-state index contributed by atoms with van der Waals surface area (Å²) >= 11 is 0. The first-order valence-electron chi connectivity index (χ1n) is 4.09. The Bertz CT molecular complexity index is 270. The van der Waals surface area contributed by atoms with Crippen LogP contribution in [0.1, 0.15) is 19.3 Å². The third kappa shape index (κ3) is 1.09. The van der Waals surface area contributed by atoms with Gasteiger partial charge in [-0.05, 0) is 19.3 Å². The fourth-order valence-electron chi connectivity index (χ4n) is 1.58. The molecular weight excluding hydrogens is 156 g/mol. The van der Waals surface area contributed by atoms with Crippen molar-refractivity contribution in [3.63, 3.8) is 0 Å². The molecule has 2 N–H and O–H groups in total. The van der Waals surface area contributed by atoms with Crippen LogP contribution in [-0.4, -0.2) is 17.9 Å². The summed E-state index contributed by atoms with van der Waals surface area (Å²) in [5, 5.41) is 5.23. The molecule has 0 saturated carbocycles. The number of amides is 2. The van der Waals surface area contributed by atoms with E-state index in [0.29, 0.717) is 0 Å². The molecule has 12 heavy (non-hydrogen) atoms. The molecule has 0 aromatic carbocycles. The summed E-state index contributed by atoms with van der Waals surface area (Å²) in [5.74, 6) is -1.06. The van der Waals surface area contributed by atoms with E-state index in [0.717, 1.165) is 25.0 Å². The predicted octanol–water partition coefficient (Wildman–Crippen LogP) is -0.331. The normalized spacial score (nSPS) is 28.3. The molecule has 1 fully saturated rings. The van der Waals surface area contributed by atoms with Gasteiger partial charge in [-0.2, -0.15) is 0 Å². The fourth-order valence-corrected chi connectivity index (χ4v) is 1.58. The maximum atomic E-state index is 10.9. The summed E-state index contributed by atoms with van der Waals surface area (Å²) in [6, 6.07) is 0.0453. The minimum absolute atomic E-state index is 0.0453. The fraction of sp³-hybridized carbons (Fsp3) is 0.500. The van der Waals surface area contributed by atoms with Gasteiger partial charge in [-0.1, -0.05) is 6.08 Å². The Morgan fingerprint density at radius 1 is 1.33 bits per heavy atom. The van der Waals surface area contributed by atoms with Crippen molar-refractivity contribution < 1.29 is 9.59 Å². The molecule has 0 radical (unpaired) electrons. The zero-order chi connectivity index (χ0) is 8.55. The molecule has 0 aromatic rings. The van der Waals surface area contributed by atoms with Crippen LogP contribution >= 0.6 is 0 Å². The summed E-state index contributed by atoms with van der Waals surface area (Å²) in [6.07, 6.45) is 4.97. The van der Waals surface area contributed by atoms with Crippen LogP contribution in [-0.2, 0) is 9.59 Å². The second-order valence-corrected chi connectivity index (χ2v) is 3.07. The lowest BCUT2D eigenvalue weighted by Gasteiger charge is -2.29. The average Bonchev–Trinajstić information content (AvgIpc) is 2.07. The average molecular weight is 166 g/mol. The van der Waals surface area contributed by atoms with Crippen LogP contribution in [0.15, 0.2) is 11.8 Å². The van der Waals surface area contributed by atoms with E-state index >= 15 is 0 Å². The molecule has 1 aliphatic carbocycles. The molecule has 1 aliphatic heterocycles. The monoisotopic (exact) mass is 166 g/mol. The Morgan fingerprint density at radius 2 is 2.17 bits per heavy atom. The minimum atomic E-state index is -0.542. The lowest BCUT2D eigenvalue weighted by atomic mass is 9.97. The van der Waals surface area contributed by atoms with Gasteiger partial charge in [-0.25, -0.2) is 0 Å². The van der Waals surface area contributed by atoms with Crippen molar-refractivity contribution in [3.05, 3.63) is 11.8 Å². The van der Waals surface area contributed by atoms with Gasteiger partial charge < -0.3 is 10.6 Å². The van der Waals surface area contributed by atoms with Crippen molar-refractivity contribution in [2.75, 3.05) is 0 Å². The van der Waals surface area contributed by atoms with Crippen LogP contribution in [0.5, 0.6) is 0 Å². The van der Waals surface area contributed by atoms with Crippen LogP contribution in [0.2, 0.25) is 0 Å². The lowest BCUT2D eigenvalue weighted by molar-refractivity contribution is -0.140. The van der Waals surface area contributed by atoms with Gasteiger partial charge in [0.15, 0.2) is 0 Å². The number of rotatable bonds is 0. The maximum absolute atomic E-state index is 10.9. The number of nitrogens with one attached hydrogen (secondary N) is 2. The van der Waals surface area contributed by atoms with E-state index in [1.165, 1.54) is 0 Å². The first-order valence-corrected chi connectivity index (χ1v) is 4.09. The van der Waals surface area contributed by atoms with Gasteiger partial charge >= 0.3 is 11.8 Å². The number of fused-ring (bicyclic) bond motifs is 1. The van der Waals surface area contributed by atoms with Crippen LogP contribution < -0.4 is 10.6 Å². The Kier molecular flexibility index (Phi) is 1.60. The number of hydrogen-bond donors (Lipinski definition) is 2. The number of allylic oxidation sites excluding steroid dienone is 1. The molecule has 4 heteroatoms. The topological polar surface area (TPSA) is 58.2 Å². The smallest absolute Gasteiger partial charge is 0.313 e. The molecule has 0 spiro atoms. The molecule has 0 aromatic heterocycles. The molecule has 2 rings (SSSR count). The van der Waals surface area contributed by atoms with E-state index in [-0.39, 0.29) is 6.04 Å². The van der Waals surface area contributed by atoms with Crippen molar-refractivity contribution in [3.8, 4) is 0 Å². The Labute approximate surface area is 70.0 Å². The molecule has 1 saturated heterocycles. The second-order valence-electron chi connectivity index (χ2n) is 3.07. The van der Waals surface area contributed by atoms with Gasteiger partial charge in [0.25, 0.3) is 0 Å². The lowest BCUT2D eigenvalue weighted by Crippen LogP contribution is -2.54. The van der Waals surface area contributed by atoms with Gasteiger partial charge in [0.05, 0.1) is 6.04 Å². The third-order valence-corrected chi connectivity index (χ3v) is 2.21. The third-order valence-electron chi connectivity index (χ3n) is 2.21. The van der Waals surface area contributed by atoms with E-state index in [9.17, 15) is 9.59 Å². The number of piperazine rings is 1. The number of hydrogen-bond acceptors (Lipinski definition) is 2. The zero-order valence-corrected chi connectivity index (χ0v) is 6.59. The van der Waals surface area contributed by atoms with Crippen molar-refractivity contribution in [2.24, 2.45) is 0 Å². The molecule has 64 valence electrons. The number of carbonyl (C=O) groups is 2. The van der Waals surface area contributed by atoms with Crippen molar-refractivity contribution in [1.82, 2.24) is 10.6 Å². The molecule has 0 bridgehead atoms. The van der Waals surface area contributed by atoms with Crippen LogP contribution in [0.4, 0.5) is 0 Å². The number of carbonyl (C=O) groups excluding carboxylic acids is 2. The molecule has 0 unspecified atom stereocenters. The van der Waals surface area contributed by atoms with Gasteiger partial charge in [0, 0.05) is 5.70 Å². The SMILES string of the molecule is O=C1NC2=CCCC[C@H]2NC1=O. The van der Waals surface area contributed by atoms with E-state index < -0.39 is 11.8 Å². The second kappa shape index (κ2) is 2.62. The zero-order valence-electron chi connectivity index (χ0n) is 6.59. The minimum Gasteiger partial charge on any atom is -0.340 e. The highest BCUT2D eigenvalue weighted by atomic mass is 16.2.